The van der Waals surface area contributed by atoms with Crippen molar-refractivity contribution in [2.45, 2.75) is 13.3 Å². The highest BCUT2D eigenvalue weighted by Gasteiger charge is 2.32. The SMILES string of the molecule is CCCN1c2ccccc2C(=O)NS1(=O)=O. The van der Waals surface area contributed by atoms with Crippen LogP contribution < -0.4 is 9.03 Å². The third kappa shape index (κ3) is 1.65. The van der Waals surface area contributed by atoms with Crippen LogP contribution in [0.3, 0.4) is 0 Å². The zero-order valence-electron chi connectivity index (χ0n) is 8.80. The fourth-order valence-electron chi connectivity index (χ4n) is 1.68. The average molecular weight is 240 g/mol. The van der Waals surface area contributed by atoms with Gasteiger partial charge in [0.15, 0.2) is 0 Å². The summed E-state index contributed by atoms with van der Waals surface area (Å²) < 4.78 is 26.7. The average Bonchev–Trinajstić information content (AvgIpc) is 2.23. The summed E-state index contributed by atoms with van der Waals surface area (Å²) in [5.74, 6) is -0.567. The Kier molecular flexibility index (Phi) is 2.59. The van der Waals surface area contributed by atoms with Crippen LogP contribution in [0.15, 0.2) is 24.3 Å². The van der Waals surface area contributed by atoms with Crippen molar-refractivity contribution in [3.8, 4) is 0 Å². The van der Waals surface area contributed by atoms with E-state index >= 15 is 0 Å². The molecule has 1 N–H and O–H groups in total. The molecule has 6 heteroatoms. The van der Waals surface area contributed by atoms with Crippen LogP contribution in [0, 0.1) is 0 Å². The molecule has 0 saturated heterocycles. The minimum atomic E-state index is -3.71. The smallest absolute Gasteiger partial charge is 0.268 e. The van der Waals surface area contributed by atoms with Gasteiger partial charge in [0, 0.05) is 6.54 Å². The van der Waals surface area contributed by atoms with E-state index < -0.39 is 16.1 Å². The molecule has 0 atom stereocenters. The molecule has 2 rings (SSSR count). The van der Waals surface area contributed by atoms with E-state index in [1.54, 1.807) is 24.3 Å². The topological polar surface area (TPSA) is 66.5 Å². The normalized spacial score (nSPS) is 17.8. The number of carbonyl (C=O) groups is 1. The number of nitrogens with one attached hydrogen (secondary N) is 1. The second-order valence-electron chi connectivity index (χ2n) is 3.53. The van der Waals surface area contributed by atoms with E-state index in [1.807, 2.05) is 11.6 Å². The molecule has 0 saturated carbocycles. The Labute approximate surface area is 94.3 Å². The van der Waals surface area contributed by atoms with E-state index in [0.717, 1.165) is 0 Å². The first-order valence-electron chi connectivity index (χ1n) is 5.00. The predicted molar refractivity (Wildman–Crippen MR) is 60.5 cm³/mol. The summed E-state index contributed by atoms with van der Waals surface area (Å²) in [5, 5.41) is 0. The first-order valence-corrected chi connectivity index (χ1v) is 6.44. The Bertz CT molecular complexity index is 525. The Balaban J connectivity index is 2.59. The van der Waals surface area contributed by atoms with Crippen LogP contribution in [0.5, 0.6) is 0 Å². The second kappa shape index (κ2) is 3.79. The summed E-state index contributed by atoms with van der Waals surface area (Å²) in [6, 6.07) is 6.68. The van der Waals surface area contributed by atoms with Crippen molar-refractivity contribution < 1.29 is 13.2 Å². The van der Waals surface area contributed by atoms with Crippen molar-refractivity contribution in [2.24, 2.45) is 0 Å². The van der Waals surface area contributed by atoms with E-state index in [4.69, 9.17) is 0 Å². The lowest BCUT2D eigenvalue weighted by molar-refractivity contribution is 0.0980. The van der Waals surface area contributed by atoms with E-state index in [1.165, 1.54) is 4.31 Å². The van der Waals surface area contributed by atoms with Gasteiger partial charge in [-0.15, -0.1) is 0 Å². The molecule has 5 nitrogen and oxygen atoms in total. The van der Waals surface area contributed by atoms with Gasteiger partial charge in [0.2, 0.25) is 0 Å². The lowest BCUT2D eigenvalue weighted by Gasteiger charge is -2.29. The Morgan fingerprint density at radius 3 is 2.69 bits per heavy atom. The van der Waals surface area contributed by atoms with Crippen molar-refractivity contribution in [1.29, 1.82) is 0 Å². The minimum Gasteiger partial charge on any atom is -0.268 e. The maximum atomic E-state index is 11.7. The summed E-state index contributed by atoms with van der Waals surface area (Å²) in [4.78, 5) is 11.5. The largest absolute Gasteiger partial charge is 0.326 e. The van der Waals surface area contributed by atoms with Crippen molar-refractivity contribution in [3.05, 3.63) is 29.8 Å². The molecule has 1 aliphatic rings. The minimum absolute atomic E-state index is 0.361. The van der Waals surface area contributed by atoms with Gasteiger partial charge in [0.05, 0.1) is 11.3 Å². The molecule has 0 aromatic heterocycles. The summed E-state index contributed by atoms with van der Waals surface area (Å²) in [6.07, 6.45) is 0.684. The summed E-state index contributed by atoms with van der Waals surface area (Å²) in [5.41, 5.74) is 0.846. The van der Waals surface area contributed by atoms with Gasteiger partial charge in [0.1, 0.15) is 0 Å². The Hall–Kier alpha value is -1.56. The molecule has 0 spiro atoms. The number of hydrogen-bond acceptors (Lipinski definition) is 3. The van der Waals surface area contributed by atoms with Gasteiger partial charge in [-0.1, -0.05) is 19.1 Å². The van der Waals surface area contributed by atoms with Crippen molar-refractivity contribution in [3.63, 3.8) is 0 Å². The molecule has 1 amide bonds. The summed E-state index contributed by atoms with van der Waals surface area (Å²) in [6.45, 7) is 2.24. The number of nitrogens with zero attached hydrogens (tertiary/aromatic N) is 1. The summed E-state index contributed by atoms with van der Waals surface area (Å²) in [7, 11) is -3.71. The molecule has 0 bridgehead atoms. The molecular weight excluding hydrogens is 228 g/mol. The highest BCUT2D eigenvalue weighted by molar-refractivity contribution is 7.91. The van der Waals surface area contributed by atoms with E-state index in [9.17, 15) is 13.2 Å². The molecule has 0 aliphatic carbocycles. The standard InChI is InChI=1S/C10H12N2O3S/c1-2-7-12-9-6-4-3-5-8(9)10(13)11-16(12,14)15/h3-6H,2,7H2,1H3,(H,11,13). The fourth-order valence-corrected chi connectivity index (χ4v) is 2.98. The first kappa shape index (κ1) is 10.9. The highest BCUT2D eigenvalue weighted by Crippen LogP contribution is 2.26. The van der Waals surface area contributed by atoms with E-state index in [-0.39, 0.29) is 0 Å². The molecule has 1 aromatic rings. The second-order valence-corrected chi connectivity index (χ2v) is 5.12. The molecule has 86 valence electrons. The van der Waals surface area contributed by atoms with E-state index in [2.05, 4.69) is 0 Å². The Morgan fingerprint density at radius 1 is 1.31 bits per heavy atom. The van der Waals surface area contributed by atoms with Gasteiger partial charge in [-0.25, -0.2) is 4.72 Å². The lowest BCUT2D eigenvalue weighted by Crippen LogP contribution is -2.48. The number of hydrogen-bond donors (Lipinski definition) is 1. The van der Waals surface area contributed by atoms with Gasteiger partial charge in [-0.2, -0.15) is 8.42 Å². The highest BCUT2D eigenvalue weighted by atomic mass is 32.2. The third-order valence-electron chi connectivity index (χ3n) is 2.36. The van der Waals surface area contributed by atoms with Crippen LogP contribution in [0.1, 0.15) is 23.7 Å². The molecule has 1 heterocycles. The molecule has 0 unspecified atom stereocenters. The summed E-state index contributed by atoms with van der Waals surface area (Å²) >= 11 is 0. The van der Waals surface area contributed by atoms with Crippen LogP contribution in [-0.2, 0) is 10.2 Å². The first-order chi connectivity index (χ1) is 7.56. The number of carbonyl (C=O) groups excluding carboxylic acids is 1. The maximum absolute atomic E-state index is 11.7. The number of fused-ring (bicyclic) bond motifs is 1. The molecule has 1 aromatic carbocycles. The van der Waals surface area contributed by atoms with Crippen LogP contribution in [0.4, 0.5) is 5.69 Å². The lowest BCUT2D eigenvalue weighted by atomic mass is 10.1. The third-order valence-corrected chi connectivity index (χ3v) is 3.76. The van der Waals surface area contributed by atoms with Gasteiger partial charge < -0.3 is 0 Å². The predicted octanol–water partition coefficient (Wildman–Crippen LogP) is 0.891. The van der Waals surface area contributed by atoms with E-state index in [0.29, 0.717) is 24.2 Å². The van der Waals surface area contributed by atoms with Crippen molar-refractivity contribution in [2.75, 3.05) is 10.8 Å². The van der Waals surface area contributed by atoms with Gasteiger partial charge in [-0.3, -0.25) is 9.10 Å². The quantitative estimate of drug-likeness (QED) is 0.834. The molecule has 0 radical (unpaired) electrons. The number of anilines is 1. The maximum Gasteiger partial charge on any atom is 0.326 e. The number of rotatable bonds is 2. The van der Waals surface area contributed by atoms with Crippen LogP contribution >= 0.6 is 0 Å². The van der Waals surface area contributed by atoms with Gasteiger partial charge in [-0.05, 0) is 18.6 Å². The molecule has 0 fully saturated rings. The zero-order valence-corrected chi connectivity index (χ0v) is 9.62. The molecular formula is C10H12N2O3S. The monoisotopic (exact) mass is 240 g/mol. The van der Waals surface area contributed by atoms with Crippen LogP contribution in [0.25, 0.3) is 0 Å². The van der Waals surface area contributed by atoms with Crippen molar-refractivity contribution in [1.82, 2.24) is 4.72 Å². The number of para-hydroxylation sites is 1. The van der Waals surface area contributed by atoms with Gasteiger partial charge >= 0.3 is 10.2 Å². The fraction of sp³-hybridized carbons (Fsp3) is 0.300. The van der Waals surface area contributed by atoms with Gasteiger partial charge in [0.25, 0.3) is 5.91 Å². The molecule has 1 aliphatic heterocycles. The Morgan fingerprint density at radius 2 is 2.00 bits per heavy atom. The zero-order chi connectivity index (χ0) is 11.8. The molecule has 16 heavy (non-hydrogen) atoms. The van der Waals surface area contributed by atoms with Crippen molar-refractivity contribution >= 4 is 21.8 Å². The van der Waals surface area contributed by atoms with Crippen LogP contribution in [0.2, 0.25) is 0 Å². The number of benzene rings is 1. The van der Waals surface area contributed by atoms with Crippen LogP contribution in [-0.4, -0.2) is 20.9 Å². The number of amides is 1.